The van der Waals surface area contributed by atoms with Gasteiger partial charge in [0.05, 0.1) is 6.10 Å². The van der Waals surface area contributed by atoms with Crippen LogP contribution in [0.4, 0.5) is 0 Å². The summed E-state index contributed by atoms with van der Waals surface area (Å²) in [5.41, 5.74) is 0. The molecule has 0 aliphatic heterocycles. The SMILES string of the molecule is CCCN(CC)CCC(C)O[C@@H](C)C#CC(C)C. The van der Waals surface area contributed by atoms with Crippen molar-refractivity contribution < 1.29 is 4.74 Å². The number of hydrogen-bond donors (Lipinski definition) is 0. The molecule has 2 nitrogen and oxygen atoms in total. The molecule has 0 radical (unpaired) electrons. The highest BCUT2D eigenvalue weighted by Gasteiger charge is 2.08. The molecule has 0 aromatic carbocycles. The molecule has 0 spiro atoms. The largest absolute Gasteiger partial charge is 0.363 e. The van der Waals surface area contributed by atoms with E-state index in [9.17, 15) is 0 Å². The highest BCUT2D eigenvalue weighted by Crippen LogP contribution is 2.04. The van der Waals surface area contributed by atoms with Crippen LogP contribution in [0.2, 0.25) is 0 Å². The standard InChI is InChI=1S/C16H31NO/c1-7-12-17(8-2)13-11-16(6)18-15(5)10-9-14(3)4/h14-16H,7-8,11-13H2,1-6H3/t15-,16?/m0/s1. The first-order valence-electron chi connectivity index (χ1n) is 7.38. The van der Waals surface area contributed by atoms with Crippen LogP contribution >= 0.6 is 0 Å². The number of ether oxygens (including phenoxy) is 1. The van der Waals surface area contributed by atoms with Gasteiger partial charge >= 0.3 is 0 Å². The molecule has 0 N–H and O–H groups in total. The second-order valence-corrected chi connectivity index (χ2v) is 5.26. The summed E-state index contributed by atoms with van der Waals surface area (Å²) >= 11 is 0. The summed E-state index contributed by atoms with van der Waals surface area (Å²) in [4.78, 5) is 2.48. The van der Waals surface area contributed by atoms with Crippen molar-refractivity contribution in [3.63, 3.8) is 0 Å². The van der Waals surface area contributed by atoms with E-state index in [1.807, 2.05) is 6.92 Å². The van der Waals surface area contributed by atoms with Crippen molar-refractivity contribution in [1.29, 1.82) is 0 Å². The molecular weight excluding hydrogens is 222 g/mol. The topological polar surface area (TPSA) is 12.5 Å². The summed E-state index contributed by atoms with van der Waals surface area (Å²) in [5.74, 6) is 6.74. The van der Waals surface area contributed by atoms with Crippen LogP contribution in [0.25, 0.3) is 0 Å². The summed E-state index contributed by atoms with van der Waals surface area (Å²) < 4.78 is 5.87. The van der Waals surface area contributed by atoms with Crippen molar-refractivity contribution in [2.45, 2.75) is 66.6 Å². The van der Waals surface area contributed by atoms with Crippen molar-refractivity contribution >= 4 is 0 Å². The third kappa shape index (κ3) is 9.50. The van der Waals surface area contributed by atoms with Gasteiger partial charge in [-0.2, -0.15) is 0 Å². The Balaban J connectivity index is 3.89. The van der Waals surface area contributed by atoms with Gasteiger partial charge in [-0.15, -0.1) is 0 Å². The minimum Gasteiger partial charge on any atom is -0.363 e. The van der Waals surface area contributed by atoms with Crippen LogP contribution in [0.15, 0.2) is 0 Å². The predicted octanol–water partition coefficient (Wildman–Crippen LogP) is 3.56. The first-order chi connectivity index (χ1) is 8.49. The molecule has 0 amide bonds. The molecule has 1 unspecified atom stereocenters. The summed E-state index contributed by atoms with van der Waals surface area (Å²) in [7, 11) is 0. The van der Waals surface area contributed by atoms with Gasteiger partial charge in [-0.05, 0) is 39.8 Å². The molecule has 0 aromatic heterocycles. The Morgan fingerprint density at radius 2 is 1.67 bits per heavy atom. The molecule has 18 heavy (non-hydrogen) atoms. The minimum absolute atomic E-state index is 0.0450. The van der Waals surface area contributed by atoms with Gasteiger partial charge in [0.1, 0.15) is 6.10 Å². The number of nitrogens with zero attached hydrogens (tertiary/aromatic N) is 1. The lowest BCUT2D eigenvalue weighted by atomic mass is 10.2. The number of hydrogen-bond acceptors (Lipinski definition) is 2. The van der Waals surface area contributed by atoms with Crippen LogP contribution in [-0.4, -0.2) is 36.7 Å². The highest BCUT2D eigenvalue weighted by molar-refractivity contribution is 5.05. The smallest absolute Gasteiger partial charge is 0.115 e. The van der Waals surface area contributed by atoms with Gasteiger partial charge < -0.3 is 9.64 Å². The van der Waals surface area contributed by atoms with Gasteiger partial charge in [-0.3, -0.25) is 0 Å². The summed E-state index contributed by atoms with van der Waals surface area (Å²) in [6.07, 6.45) is 2.64. The van der Waals surface area contributed by atoms with E-state index in [4.69, 9.17) is 4.74 Å². The second-order valence-electron chi connectivity index (χ2n) is 5.26. The Labute approximate surface area is 114 Å². The molecule has 0 saturated heterocycles. The van der Waals surface area contributed by atoms with Gasteiger partial charge in [0.2, 0.25) is 0 Å². The van der Waals surface area contributed by atoms with E-state index in [0.717, 1.165) is 19.5 Å². The fraction of sp³-hybridized carbons (Fsp3) is 0.875. The van der Waals surface area contributed by atoms with Gasteiger partial charge in [0, 0.05) is 12.5 Å². The highest BCUT2D eigenvalue weighted by atomic mass is 16.5. The maximum Gasteiger partial charge on any atom is 0.115 e. The molecule has 0 fully saturated rings. The van der Waals surface area contributed by atoms with Gasteiger partial charge in [-0.25, -0.2) is 0 Å². The molecule has 0 bridgehead atoms. The average Bonchev–Trinajstić information content (AvgIpc) is 2.31. The fourth-order valence-corrected chi connectivity index (χ4v) is 1.84. The van der Waals surface area contributed by atoms with Crippen LogP contribution in [0.1, 0.15) is 54.4 Å². The molecule has 2 atom stereocenters. The number of rotatable bonds is 8. The summed E-state index contributed by atoms with van der Waals surface area (Å²) in [6.45, 7) is 16.3. The van der Waals surface area contributed by atoms with Crippen molar-refractivity contribution in [2.75, 3.05) is 19.6 Å². The Morgan fingerprint density at radius 3 is 2.17 bits per heavy atom. The maximum absolute atomic E-state index is 5.87. The molecule has 106 valence electrons. The van der Waals surface area contributed by atoms with Gasteiger partial charge in [-0.1, -0.05) is 39.5 Å². The van der Waals surface area contributed by atoms with Crippen molar-refractivity contribution in [2.24, 2.45) is 5.92 Å². The van der Waals surface area contributed by atoms with Crippen molar-refractivity contribution in [3.05, 3.63) is 0 Å². The Morgan fingerprint density at radius 1 is 1.00 bits per heavy atom. The van der Waals surface area contributed by atoms with Crippen LogP contribution < -0.4 is 0 Å². The molecule has 0 aliphatic carbocycles. The predicted molar refractivity (Wildman–Crippen MR) is 79.6 cm³/mol. The van der Waals surface area contributed by atoms with E-state index in [2.05, 4.69) is 51.4 Å². The van der Waals surface area contributed by atoms with Crippen LogP contribution in [0.3, 0.4) is 0 Å². The lowest BCUT2D eigenvalue weighted by Crippen LogP contribution is -2.29. The maximum atomic E-state index is 5.87. The van der Waals surface area contributed by atoms with E-state index >= 15 is 0 Å². The Kier molecular flexibility index (Phi) is 10.1. The van der Waals surface area contributed by atoms with E-state index in [1.54, 1.807) is 0 Å². The summed E-state index contributed by atoms with van der Waals surface area (Å²) in [6, 6.07) is 0. The molecule has 0 aliphatic rings. The zero-order chi connectivity index (χ0) is 14.0. The lowest BCUT2D eigenvalue weighted by molar-refractivity contribution is 0.0281. The second kappa shape index (κ2) is 10.4. The average molecular weight is 253 g/mol. The first kappa shape index (κ1) is 17.5. The van der Waals surface area contributed by atoms with E-state index in [-0.39, 0.29) is 12.2 Å². The van der Waals surface area contributed by atoms with Crippen molar-refractivity contribution in [1.82, 2.24) is 4.90 Å². The molecule has 0 saturated carbocycles. The fourth-order valence-electron chi connectivity index (χ4n) is 1.84. The Bertz CT molecular complexity index is 252. The summed E-state index contributed by atoms with van der Waals surface area (Å²) in [5, 5.41) is 0. The lowest BCUT2D eigenvalue weighted by Gasteiger charge is -2.22. The third-order valence-corrected chi connectivity index (χ3v) is 2.85. The van der Waals surface area contributed by atoms with E-state index in [1.165, 1.54) is 13.0 Å². The van der Waals surface area contributed by atoms with Gasteiger partial charge in [0.15, 0.2) is 0 Å². The van der Waals surface area contributed by atoms with Crippen LogP contribution in [-0.2, 0) is 4.74 Å². The zero-order valence-electron chi connectivity index (χ0n) is 13.1. The quantitative estimate of drug-likeness (QED) is 0.613. The molecule has 0 heterocycles. The molecule has 0 rings (SSSR count). The van der Waals surface area contributed by atoms with Crippen LogP contribution in [0, 0.1) is 17.8 Å². The normalized spacial score (nSPS) is 14.4. The molecule has 0 aromatic rings. The third-order valence-electron chi connectivity index (χ3n) is 2.85. The van der Waals surface area contributed by atoms with Crippen LogP contribution in [0.5, 0.6) is 0 Å². The zero-order valence-corrected chi connectivity index (χ0v) is 13.1. The first-order valence-corrected chi connectivity index (χ1v) is 7.38. The minimum atomic E-state index is 0.0450. The Hall–Kier alpha value is -0.520. The monoisotopic (exact) mass is 253 g/mol. The molecule has 2 heteroatoms. The van der Waals surface area contributed by atoms with Gasteiger partial charge in [0.25, 0.3) is 0 Å². The molecular formula is C16H31NO. The van der Waals surface area contributed by atoms with E-state index < -0.39 is 0 Å². The van der Waals surface area contributed by atoms with E-state index in [0.29, 0.717) is 5.92 Å². The van der Waals surface area contributed by atoms with Crippen molar-refractivity contribution in [3.8, 4) is 11.8 Å².